The van der Waals surface area contributed by atoms with Gasteiger partial charge in [-0.25, -0.2) is 14.4 Å². The first-order valence-electron chi connectivity index (χ1n) is 11.7. The van der Waals surface area contributed by atoms with E-state index in [0.717, 1.165) is 5.57 Å². The van der Waals surface area contributed by atoms with Gasteiger partial charge in [-0.2, -0.15) is 0 Å². The zero-order valence-corrected chi connectivity index (χ0v) is 21.4. The SMILES string of the molecule is C=C1C(=O)OC2C=C(C)C(OC(C)=O)CC=C(C)CC(OC(=O)C(=CC)COC(=O)C(=CC)CO)C12. The van der Waals surface area contributed by atoms with Crippen molar-refractivity contribution in [2.24, 2.45) is 5.92 Å². The molecule has 2 rings (SSSR count). The van der Waals surface area contributed by atoms with E-state index in [1.54, 1.807) is 26.8 Å². The fraction of sp³-hybridized carbons (Fsp3) is 0.481. The molecular formula is C27H34O9. The second kappa shape index (κ2) is 13.0. The zero-order chi connectivity index (χ0) is 27.0. The average molecular weight is 503 g/mol. The van der Waals surface area contributed by atoms with Gasteiger partial charge < -0.3 is 24.1 Å². The summed E-state index contributed by atoms with van der Waals surface area (Å²) in [7, 11) is 0. The number of hydrogen-bond acceptors (Lipinski definition) is 9. The summed E-state index contributed by atoms with van der Waals surface area (Å²) in [5, 5.41) is 9.22. The summed E-state index contributed by atoms with van der Waals surface area (Å²) in [5.74, 6) is -3.14. The first kappa shape index (κ1) is 28.8. The van der Waals surface area contributed by atoms with Gasteiger partial charge in [0.15, 0.2) is 0 Å². The Kier molecular flexibility index (Phi) is 10.4. The number of aliphatic hydroxyl groups excluding tert-OH is 1. The molecule has 0 aromatic carbocycles. The van der Waals surface area contributed by atoms with Crippen LogP contribution in [0.5, 0.6) is 0 Å². The number of allylic oxidation sites excluding steroid dienone is 2. The Labute approximate surface area is 211 Å². The van der Waals surface area contributed by atoms with E-state index in [1.165, 1.54) is 19.1 Å². The van der Waals surface area contributed by atoms with Crippen molar-refractivity contribution >= 4 is 23.9 Å². The summed E-state index contributed by atoms with van der Waals surface area (Å²) in [4.78, 5) is 49.1. The van der Waals surface area contributed by atoms with Crippen LogP contribution in [0.4, 0.5) is 0 Å². The van der Waals surface area contributed by atoms with Crippen LogP contribution in [0.1, 0.15) is 47.5 Å². The van der Waals surface area contributed by atoms with E-state index < -0.39 is 54.7 Å². The molecule has 0 aromatic rings. The quantitative estimate of drug-likeness (QED) is 0.242. The van der Waals surface area contributed by atoms with Gasteiger partial charge >= 0.3 is 23.9 Å². The Morgan fingerprint density at radius 1 is 1.14 bits per heavy atom. The zero-order valence-electron chi connectivity index (χ0n) is 21.4. The van der Waals surface area contributed by atoms with E-state index in [1.807, 2.05) is 13.0 Å². The highest BCUT2D eigenvalue weighted by Crippen LogP contribution is 2.36. The Hall–Kier alpha value is -3.46. The lowest BCUT2D eigenvalue weighted by atomic mass is 9.85. The third-order valence-electron chi connectivity index (χ3n) is 6.12. The summed E-state index contributed by atoms with van der Waals surface area (Å²) in [6, 6.07) is 0. The lowest BCUT2D eigenvalue weighted by Crippen LogP contribution is -2.35. The van der Waals surface area contributed by atoms with Gasteiger partial charge in [-0.05, 0) is 39.3 Å². The molecule has 196 valence electrons. The summed E-state index contributed by atoms with van der Waals surface area (Å²) >= 11 is 0. The third kappa shape index (κ3) is 7.27. The average Bonchev–Trinajstić information content (AvgIpc) is 3.09. The Balaban J connectivity index is 2.30. The number of hydrogen-bond donors (Lipinski definition) is 1. The van der Waals surface area contributed by atoms with Crippen molar-refractivity contribution in [3.05, 3.63) is 58.7 Å². The molecule has 0 saturated carbocycles. The van der Waals surface area contributed by atoms with E-state index >= 15 is 0 Å². The topological polar surface area (TPSA) is 125 Å². The molecule has 0 aromatic heterocycles. The van der Waals surface area contributed by atoms with Crippen molar-refractivity contribution in [1.82, 2.24) is 0 Å². The molecule has 1 saturated heterocycles. The molecule has 9 heteroatoms. The van der Waals surface area contributed by atoms with Gasteiger partial charge in [-0.15, -0.1) is 0 Å². The van der Waals surface area contributed by atoms with Crippen LogP contribution in [0.25, 0.3) is 0 Å². The number of carbonyl (C=O) groups is 4. The maximum atomic E-state index is 13.0. The molecule has 36 heavy (non-hydrogen) atoms. The molecule has 1 N–H and O–H groups in total. The second-order valence-electron chi connectivity index (χ2n) is 8.73. The van der Waals surface area contributed by atoms with Gasteiger partial charge in [0.2, 0.25) is 0 Å². The lowest BCUT2D eigenvalue weighted by molar-refractivity contribution is -0.149. The predicted octanol–water partition coefficient (Wildman–Crippen LogP) is 3.04. The minimum Gasteiger partial charge on any atom is -0.458 e. The maximum Gasteiger partial charge on any atom is 0.337 e. The van der Waals surface area contributed by atoms with Crippen molar-refractivity contribution < 1.29 is 43.2 Å². The molecule has 0 bridgehead atoms. The van der Waals surface area contributed by atoms with Crippen LogP contribution < -0.4 is 0 Å². The van der Waals surface area contributed by atoms with E-state index in [-0.39, 0.29) is 29.7 Å². The van der Waals surface area contributed by atoms with Crippen LogP contribution in [-0.2, 0) is 38.1 Å². The highest BCUT2D eigenvalue weighted by molar-refractivity contribution is 5.93. The monoisotopic (exact) mass is 502 g/mol. The van der Waals surface area contributed by atoms with Crippen molar-refractivity contribution in [3.8, 4) is 0 Å². The van der Waals surface area contributed by atoms with Crippen LogP contribution in [0.3, 0.4) is 0 Å². The predicted molar refractivity (Wildman–Crippen MR) is 130 cm³/mol. The van der Waals surface area contributed by atoms with Crippen LogP contribution in [0.2, 0.25) is 0 Å². The van der Waals surface area contributed by atoms with Gasteiger partial charge in [-0.1, -0.05) is 30.4 Å². The molecule has 4 unspecified atom stereocenters. The van der Waals surface area contributed by atoms with Crippen molar-refractivity contribution in [1.29, 1.82) is 0 Å². The minimum atomic E-state index is -0.791. The molecule has 0 amide bonds. The van der Waals surface area contributed by atoms with Gasteiger partial charge in [0.25, 0.3) is 0 Å². The number of aliphatic hydroxyl groups is 1. The largest absolute Gasteiger partial charge is 0.458 e. The summed E-state index contributed by atoms with van der Waals surface area (Å²) in [5.41, 5.74) is 1.91. The van der Waals surface area contributed by atoms with Crippen molar-refractivity contribution in [3.63, 3.8) is 0 Å². The van der Waals surface area contributed by atoms with Crippen LogP contribution >= 0.6 is 0 Å². The lowest BCUT2D eigenvalue weighted by Gasteiger charge is -2.28. The van der Waals surface area contributed by atoms with E-state index in [0.29, 0.717) is 12.0 Å². The second-order valence-corrected chi connectivity index (χ2v) is 8.73. The van der Waals surface area contributed by atoms with Crippen LogP contribution in [-0.4, -0.2) is 60.5 Å². The molecule has 1 aliphatic heterocycles. The normalized spacial score (nSPS) is 25.2. The smallest absolute Gasteiger partial charge is 0.337 e. The fourth-order valence-electron chi connectivity index (χ4n) is 4.01. The van der Waals surface area contributed by atoms with Gasteiger partial charge in [0.05, 0.1) is 23.7 Å². The number of ether oxygens (including phenoxy) is 4. The number of carbonyl (C=O) groups excluding carboxylic acids is 4. The van der Waals surface area contributed by atoms with Crippen molar-refractivity contribution in [2.75, 3.05) is 13.2 Å². The standard InChI is InChI=1S/C27H34O9/c1-7-19(13-28)26(31)33-14-20(8-2)27(32)36-22-11-15(3)9-10-21(34-18(6)29)16(4)12-23-24(22)17(5)25(30)35-23/h7-9,12,21-24,28H,5,10-11,13-14H2,1-4,6H3. The fourth-order valence-corrected chi connectivity index (χ4v) is 4.01. The molecule has 0 spiro atoms. The molecule has 1 heterocycles. The van der Waals surface area contributed by atoms with E-state index in [4.69, 9.17) is 18.9 Å². The van der Waals surface area contributed by atoms with Gasteiger partial charge in [0, 0.05) is 25.3 Å². The molecule has 1 fully saturated rings. The Morgan fingerprint density at radius 3 is 2.39 bits per heavy atom. The maximum absolute atomic E-state index is 13.0. The number of fused-ring (bicyclic) bond motifs is 1. The van der Waals surface area contributed by atoms with Gasteiger partial charge in [0.1, 0.15) is 24.9 Å². The molecule has 2 aliphatic rings. The summed E-state index contributed by atoms with van der Waals surface area (Å²) < 4.78 is 21.9. The summed E-state index contributed by atoms with van der Waals surface area (Å²) in [6.07, 6.45) is 5.13. The Morgan fingerprint density at radius 2 is 1.81 bits per heavy atom. The van der Waals surface area contributed by atoms with Crippen LogP contribution in [0.15, 0.2) is 58.7 Å². The molecule has 9 nitrogen and oxygen atoms in total. The minimum absolute atomic E-state index is 0.0712. The number of rotatable bonds is 7. The van der Waals surface area contributed by atoms with Crippen molar-refractivity contribution in [2.45, 2.75) is 65.8 Å². The van der Waals surface area contributed by atoms with Crippen LogP contribution in [0, 0.1) is 5.92 Å². The van der Waals surface area contributed by atoms with E-state index in [2.05, 4.69) is 6.58 Å². The first-order valence-corrected chi connectivity index (χ1v) is 11.7. The molecule has 0 radical (unpaired) electrons. The highest BCUT2D eigenvalue weighted by Gasteiger charge is 2.45. The highest BCUT2D eigenvalue weighted by atomic mass is 16.6. The Bertz CT molecular complexity index is 1030. The molecule has 1 aliphatic carbocycles. The number of esters is 4. The summed E-state index contributed by atoms with van der Waals surface area (Å²) in [6.45, 7) is 11.2. The third-order valence-corrected chi connectivity index (χ3v) is 6.12. The van der Waals surface area contributed by atoms with E-state index in [9.17, 15) is 24.3 Å². The molecular weight excluding hydrogens is 468 g/mol. The first-order chi connectivity index (χ1) is 17.0. The van der Waals surface area contributed by atoms with Gasteiger partial charge in [-0.3, -0.25) is 4.79 Å². The molecule has 4 atom stereocenters.